The van der Waals surface area contributed by atoms with Crippen LogP contribution in [0.1, 0.15) is 5.56 Å². The fraction of sp³-hybridized carbons (Fsp3) is 0.100. The minimum Gasteiger partial charge on any atom is -0.397 e. The molecule has 72 valence electrons. The molecule has 0 bridgehead atoms. The molecule has 14 heavy (non-hydrogen) atoms. The highest BCUT2D eigenvalue weighted by Gasteiger charge is 2.07. The van der Waals surface area contributed by atoms with Crippen molar-refractivity contribution in [3.63, 3.8) is 0 Å². The van der Waals surface area contributed by atoms with Crippen molar-refractivity contribution in [2.24, 2.45) is 5.73 Å². The van der Waals surface area contributed by atoms with Gasteiger partial charge in [-0.15, -0.1) is 0 Å². The molecule has 5 N–H and O–H groups in total. The van der Waals surface area contributed by atoms with E-state index in [-0.39, 0.29) is 12.3 Å². The minimum absolute atomic E-state index is 0.240. The molecule has 1 amide bonds. The standard InChI is InChI=1S/C10H11N3O/c11-8-3-1-2-7-6(4-9(12)14)5-13-10(7)8/h1-3,5,13H,4,11H2,(H2,12,14). The molecular weight excluding hydrogens is 178 g/mol. The summed E-state index contributed by atoms with van der Waals surface area (Å²) in [6.45, 7) is 0. The zero-order chi connectivity index (χ0) is 10.1. The van der Waals surface area contributed by atoms with Crippen LogP contribution in [0.5, 0.6) is 0 Å². The molecule has 0 aliphatic heterocycles. The van der Waals surface area contributed by atoms with Crippen LogP contribution in [0.3, 0.4) is 0 Å². The zero-order valence-electron chi connectivity index (χ0n) is 7.58. The van der Waals surface area contributed by atoms with E-state index in [0.717, 1.165) is 16.5 Å². The van der Waals surface area contributed by atoms with Gasteiger partial charge in [-0.2, -0.15) is 0 Å². The van der Waals surface area contributed by atoms with Crippen molar-refractivity contribution in [2.75, 3.05) is 5.73 Å². The average molecular weight is 189 g/mol. The number of nitrogen functional groups attached to an aromatic ring is 1. The van der Waals surface area contributed by atoms with E-state index in [1.165, 1.54) is 0 Å². The number of hydrogen-bond donors (Lipinski definition) is 3. The number of aromatic amines is 1. The van der Waals surface area contributed by atoms with Crippen LogP contribution in [0, 0.1) is 0 Å². The maximum atomic E-state index is 10.8. The topological polar surface area (TPSA) is 84.9 Å². The van der Waals surface area contributed by atoms with Crippen molar-refractivity contribution >= 4 is 22.5 Å². The lowest BCUT2D eigenvalue weighted by Crippen LogP contribution is -2.13. The van der Waals surface area contributed by atoms with Crippen LogP contribution in [0.25, 0.3) is 10.9 Å². The summed E-state index contributed by atoms with van der Waals surface area (Å²) in [5.74, 6) is -0.340. The highest BCUT2D eigenvalue weighted by molar-refractivity contribution is 5.94. The predicted molar refractivity (Wildman–Crippen MR) is 55.6 cm³/mol. The van der Waals surface area contributed by atoms with E-state index in [9.17, 15) is 4.79 Å². The molecule has 1 heterocycles. The third-order valence-electron chi connectivity index (χ3n) is 2.20. The van der Waals surface area contributed by atoms with E-state index in [0.29, 0.717) is 5.69 Å². The lowest BCUT2D eigenvalue weighted by Gasteiger charge is -1.97. The second-order valence-corrected chi connectivity index (χ2v) is 3.23. The van der Waals surface area contributed by atoms with Crippen LogP contribution in [0.2, 0.25) is 0 Å². The Hall–Kier alpha value is -1.97. The molecule has 0 saturated heterocycles. The Morgan fingerprint density at radius 1 is 1.43 bits per heavy atom. The Bertz CT molecular complexity index is 487. The van der Waals surface area contributed by atoms with Crippen molar-refractivity contribution in [3.8, 4) is 0 Å². The van der Waals surface area contributed by atoms with Crippen LogP contribution in [-0.4, -0.2) is 10.9 Å². The summed E-state index contributed by atoms with van der Waals surface area (Å²) in [4.78, 5) is 13.8. The quantitative estimate of drug-likeness (QED) is 0.610. The minimum atomic E-state index is -0.340. The summed E-state index contributed by atoms with van der Waals surface area (Å²) in [7, 11) is 0. The second kappa shape index (κ2) is 3.06. The fourth-order valence-corrected chi connectivity index (χ4v) is 1.57. The number of aromatic nitrogens is 1. The summed E-state index contributed by atoms with van der Waals surface area (Å²) >= 11 is 0. The number of fused-ring (bicyclic) bond motifs is 1. The second-order valence-electron chi connectivity index (χ2n) is 3.23. The molecule has 0 spiro atoms. The van der Waals surface area contributed by atoms with Crippen LogP contribution in [0.4, 0.5) is 5.69 Å². The number of amides is 1. The van der Waals surface area contributed by atoms with Crippen molar-refractivity contribution < 1.29 is 4.79 Å². The molecule has 0 aliphatic carbocycles. The third-order valence-corrected chi connectivity index (χ3v) is 2.20. The van der Waals surface area contributed by atoms with Gasteiger partial charge in [0.05, 0.1) is 17.6 Å². The molecule has 2 aromatic rings. The molecule has 1 aromatic carbocycles. The first kappa shape index (κ1) is 8.62. The SMILES string of the molecule is NC(=O)Cc1c[nH]c2c(N)cccc12. The summed E-state index contributed by atoms with van der Waals surface area (Å²) < 4.78 is 0. The van der Waals surface area contributed by atoms with E-state index >= 15 is 0 Å². The van der Waals surface area contributed by atoms with Crippen molar-refractivity contribution in [1.82, 2.24) is 4.98 Å². The van der Waals surface area contributed by atoms with E-state index in [1.54, 1.807) is 6.20 Å². The maximum Gasteiger partial charge on any atom is 0.221 e. The normalized spacial score (nSPS) is 10.6. The van der Waals surface area contributed by atoms with Gasteiger partial charge in [0.2, 0.25) is 5.91 Å². The van der Waals surface area contributed by atoms with Crippen LogP contribution < -0.4 is 11.5 Å². The van der Waals surface area contributed by atoms with Crippen LogP contribution in [0.15, 0.2) is 24.4 Å². The Labute approximate surface area is 80.9 Å². The highest BCUT2D eigenvalue weighted by atomic mass is 16.1. The van der Waals surface area contributed by atoms with Gasteiger partial charge in [0.25, 0.3) is 0 Å². The molecular formula is C10H11N3O. The summed E-state index contributed by atoms with van der Waals surface area (Å²) in [6.07, 6.45) is 2.01. The first-order chi connectivity index (χ1) is 6.68. The molecule has 1 aromatic heterocycles. The molecule has 0 saturated carbocycles. The smallest absolute Gasteiger partial charge is 0.221 e. The number of anilines is 1. The van der Waals surface area contributed by atoms with Crippen molar-refractivity contribution in [1.29, 1.82) is 0 Å². The number of nitrogens with one attached hydrogen (secondary N) is 1. The molecule has 0 radical (unpaired) electrons. The van der Waals surface area contributed by atoms with E-state index < -0.39 is 0 Å². The Morgan fingerprint density at radius 2 is 2.21 bits per heavy atom. The van der Waals surface area contributed by atoms with Crippen molar-refractivity contribution in [2.45, 2.75) is 6.42 Å². The fourth-order valence-electron chi connectivity index (χ4n) is 1.57. The van der Waals surface area contributed by atoms with Crippen LogP contribution >= 0.6 is 0 Å². The van der Waals surface area contributed by atoms with E-state index in [2.05, 4.69) is 4.98 Å². The highest BCUT2D eigenvalue weighted by Crippen LogP contribution is 2.23. The monoisotopic (exact) mass is 189 g/mol. The molecule has 0 fully saturated rings. The van der Waals surface area contributed by atoms with Gasteiger partial charge in [-0.1, -0.05) is 12.1 Å². The van der Waals surface area contributed by atoms with Gasteiger partial charge < -0.3 is 16.5 Å². The molecule has 0 unspecified atom stereocenters. The van der Waals surface area contributed by atoms with Gasteiger partial charge in [-0.05, 0) is 11.6 Å². The lowest BCUT2D eigenvalue weighted by atomic mass is 10.1. The third kappa shape index (κ3) is 1.31. The number of benzene rings is 1. The molecule has 2 rings (SSSR count). The number of H-pyrrole nitrogens is 1. The average Bonchev–Trinajstić information content (AvgIpc) is 2.49. The number of rotatable bonds is 2. The number of hydrogen-bond acceptors (Lipinski definition) is 2. The van der Waals surface area contributed by atoms with Gasteiger partial charge in [0, 0.05) is 11.6 Å². The van der Waals surface area contributed by atoms with Gasteiger partial charge in [0.15, 0.2) is 0 Å². The van der Waals surface area contributed by atoms with Gasteiger partial charge >= 0.3 is 0 Å². The Kier molecular flexibility index (Phi) is 1.89. The lowest BCUT2D eigenvalue weighted by molar-refractivity contribution is -0.117. The summed E-state index contributed by atoms with van der Waals surface area (Å²) in [5.41, 5.74) is 13.3. The molecule has 4 nitrogen and oxygen atoms in total. The van der Waals surface area contributed by atoms with Gasteiger partial charge in [0.1, 0.15) is 0 Å². The Balaban J connectivity index is 2.58. The first-order valence-electron chi connectivity index (χ1n) is 4.31. The Morgan fingerprint density at radius 3 is 2.93 bits per heavy atom. The number of primary amides is 1. The molecule has 0 aliphatic rings. The zero-order valence-corrected chi connectivity index (χ0v) is 7.58. The van der Waals surface area contributed by atoms with Crippen LogP contribution in [-0.2, 0) is 11.2 Å². The number of carbonyl (C=O) groups excluding carboxylic acids is 1. The maximum absolute atomic E-state index is 10.8. The molecule has 0 atom stereocenters. The van der Waals surface area contributed by atoms with Gasteiger partial charge in [-0.3, -0.25) is 4.79 Å². The number of para-hydroxylation sites is 1. The summed E-state index contributed by atoms with van der Waals surface area (Å²) in [6, 6.07) is 5.59. The van der Waals surface area contributed by atoms with E-state index in [1.807, 2.05) is 18.2 Å². The summed E-state index contributed by atoms with van der Waals surface area (Å²) in [5, 5.41) is 0.962. The van der Waals surface area contributed by atoms with Crippen molar-refractivity contribution in [3.05, 3.63) is 30.0 Å². The largest absolute Gasteiger partial charge is 0.397 e. The molecule has 4 heteroatoms. The van der Waals surface area contributed by atoms with Gasteiger partial charge in [-0.25, -0.2) is 0 Å². The predicted octanol–water partition coefficient (Wildman–Crippen LogP) is 0.778. The number of nitrogens with two attached hydrogens (primary N) is 2. The first-order valence-corrected chi connectivity index (χ1v) is 4.31. The number of carbonyl (C=O) groups is 1. The van der Waals surface area contributed by atoms with E-state index in [4.69, 9.17) is 11.5 Å².